The molecule has 1 N–H and O–H groups in total. The molecule has 4 heteroatoms. The van der Waals surface area contributed by atoms with Gasteiger partial charge < -0.3 is 5.32 Å². The maximum atomic E-state index is 3.47. The third-order valence-corrected chi connectivity index (χ3v) is 5.09. The summed E-state index contributed by atoms with van der Waals surface area (Å²) in [6, 6.07) is 5.25. The minimum atomic E-state index is 0.693. The maximum absolute atomic E-state index is 3.47. The van der Waals surface area contributed by atoms with Gasteiger partial charge in [-0.2, -0.15) is 11.8 Å². The van der Waals surface area contributed by atoms with Crippen molar-refractivity contribution in [2.75, 3.05) is 25.6 Å². The second-order valence-corrected chi connectivity index (χ2v) is 7.14. The fraction of sp³-hybridized carbons (Fsp3) is 0.733. The quantitative estimate of drug-likeness (QED) is 0.661. The van der Waals surface area contributed by atoms with E-state index in [2.05, 4.69) is 49.5 Å². The van der Waals surface area contributed by atoms with Crippen molar-refractivity contribution >= 4 is 23.1 Å². The van der Waals surface area contributed by atoms with Crippen molar-refractivity contribution in [3.8, 4) is 0 Å². The van der Waals surface area contributed by atoms with E-state index in [1.54, 1.807) is 0 Å². The molecule has 0 saturated heterocycles. The maximum Gasteiger partial charge on any atom is 0.0328 e. The Bertz CT molecular complexity index is 339. The molecule has 1 unspecified atom stereocenters. The topological polar surface area (TPSA) is 15.3 Å². The molecule has 0 radical (unpaired) electrons. The summed E-state index contributed by atoms with van der Waals surface area (Å²) >= 11 is 3.89. The highest BCUT2D eigenvalue weighted by atomic mass is 32.2. The second-order valence-electron chi connectivity index (χ2n) is 4.98. The van der Waals surface area contributed by atoms with Gasteiger partial charge in [0.1, 0.15) is 0 Å². The van der Waals surface area contributed by atoms with Crippen LogP contribution in [0.4, 0.5) is 0 Å². The van der Waals surface area contributed by atoms with E-state index in [9.17, 15) is 0 Å². The summed E-state index contributed by atoms with van der Waals surface area (Å²) in [5.41, 5.74) is 0. The molecule has 1 aromatic rings. The monoisotopic (exact) mass is 300 g/mol. The first-order chi connectivity index (χ1) is 9.21. The van der Waals surface area contributed by atoms with Crippen molar-refractivity contribution < 1.29 is 0 Å². The van der Waals surface area contributed by atoms with Gasteiger partial charge in [-0.1, -0.05) is 13.8 Å². The van der Waals surface area contributed by atoms with Gasteiger partial charge in [-0.3, -0.25) is 4.90 Å². The molecule has 0 aliphatic carbocycles. The van der Waals surface area contributed by atoms with Crippen molar-refractivity contribution in [3.05, 3.63) is 21.9 Å². The smallest absolute Gasteiger partial charge is 0.0328 e. The number of rotatable bonds is 10. The molecule has 1 aromatic heterocycles. The average molecular weight is 301 g/mol. The number of nitrogens with zero attached hydrogens (tertiary/aromatic N) is 1. The Morgan fingerprint density at radius 2 is 2.05 bits per heavy atom. The lowest BCUT2D eigenvalue weighted by Crippen LogP contribution is -2.32. The number of thiophene rings is 1. The third-order valence-electron chi connectivity index (χ3n) is 3.30. The van der Waals surface area contributed by atoms with Crippen molar-refractivity contribution in [3.63, 3.8) is 0 Å². The van der Waals surface area contributed by atoms with Gasteiger partial charge in [-0.25, -0.2) is 0 Å². The molecule has 0 aromatic carbocycles. The number of thioether (sulfide) groups is 1. The van der Waals surface area contributed by atoms with Crippen LogP contribution in [0.2, 0.25) is 0 Å². The Morgan fingerprint density at radius 1 is 1.32 bits per heavy atom. The van der Waals surface area contributed by atoms with Gasteiger partial charge in [0.15, 0.2) is 0 Å². The van der Waals surface area contributed by atoms with Gasteiger partial charge in [-0.15, -0.1) is 11.3 Å². The lowest BCUT2D eigenvalue weighted by molar-refractivity contribution is 0.250. The van der Waals surface area contributed by atoms with E-state index >= 15 is 0 Å². The molecule has 0 aliphatic rings. The van der Waals surface area contributed by atoms with Crippen LogP contribution < -0.4 is 5.32 Å². The fourth-order valence-electron chi connectivity index (χ4n) is 2.11. The molecule has 110 valence electrons. The molecule has 0 aliphatic heterocycles. The highest BCUT2D eigenvalue weighted by Crippen LogP contribution is 2.20. The lowest BCUT2D eigenvalue weighted by atomic mass is 10.2. The molecule has 1 atom stereocenters. The summed E-state index contributed by atoms with van der Waals surface area (Å²) in [6.07, 6.45) is 4.63. The molecule has 0 saturated carbocycles. The van der Waals surface area contributed by atoms with Crippen LogP contribution in [0.15, 0.2) is 12.1 Å². The minimum absolute atomic E-state index is 0.693. The summed E-state index contributed by atoms with van der Waals surface area (Å²) in [6.45, 7) is 7.70. The summed E-state index contributed by atoms with van der Waals surface area (Å²) in [7, 11) is 2.25. The molecule has 0 amide bonds. The molecule has 0 fully saturated rings. The molecular weight excluding hydrogens is 272 g/mol. The van der Waals surface area contributed by atoms with E-state index in [0.717, 1.165) is 19.6 Å². The van der Waals surface area contributed by atoms with E-state index in [-0.39, 0.29) is 0 Å². The van der Waals surface area contributed by atoms with Crippen LogP contribution in [0, 0.1) is 0 Å². The van der Waals surface area contributed by atoms with E-state index in [1.807, 2.05) is 23.1 Å². The molecule has 19 heavy (non-hydrogen) atoms. The van der Waals surface area contributed by atoms with Crippen molar-refractivity contribution in [1.82, 2.24) is 10.2 Å². The van der Waals surface area contributed by atoms with Crippen molar-refractivity contribution in [2.45, 2.75) is 45.8 Å². The van der Waals surface area contributed by atoms with Crippen LogP contribution in [0.3, 0.4) is 0 Å². The van der Waals surface area contributed by atoms with Crippen LogP contribution in [0.5, 0.6) is 0 Å². The first-order valence-electron chi connectivity index (χ1n) is 7.18. The zero-order valence-corrected chi connectivity index (χ0v) is 14.4. The summed E-state index contributed by atoms with van der Waals surface area (Å²) in [5.74, 6) is 1.23. The zero-order valence-electron chi connectivity index (χ0n) is 12.7. The van der Waals surface area contributed by atoms with Gasteiger partial charge in [0, 0.05) is 34.6 Å². The Labute approximate surface area is 127 Å². The minimum Gasteiger partial charge on any atom is -0.312 e. The standard InChI is InChI=1S/C15H28N2S2/c1-5-9-16-10-14-7-8-15(19-14)11-17(3)13(6-2)12-18-4/h7-8,13,16H,5-6,9-12H2,1-4H3. The van der Waals surface area contributed by atoms with Gasteiger partial charge in [0.2, 0.25) is 0 Å². The van der Waals surface area contributed by atoms with Gasteiger partial charge >= 0.3 is 0 Å². The van der Waals surface area contributed by atoms with E-state index < -0.39 is 0 Å². The van der Waals surface area contributed by atoms with Crippen LogP contribution in [0.1, 0.15) is 36.4 Å². The van der Waals surface area contributed by atoms with Crippen LogP contribution in [-0.2, 0) is 13.1 Å². The van der Waals surface area contributed by atoms with Crippen LogP contribution >= 0.6 is 23.1 Å². The normalized spacial score (nSPS) is 13.1. The molecule has 0 bridgehead atoms. The highest BCUT2D eigenvalue weighted by molar-refractivity contribution is 7.98. The largest absolute Gasteiger partial charge is 0.312 e. The molecule has 2 nitrogen and oxygen atoms in total. The van der Waals surface area contributed by atoms with Crippen LogP contribution in [-0.4, -0.2) is 36.5 Å². The molecule has 1 rings (SSSR count). The Hall–Kier alpha value is -0.0300. The van der Waals surface area contributed by atoms with E-state index in [0.29, 0.717) is 6.04 Å². The zero-order chi connectivity index (χ0) is 14.1. The lowest BCUT2D eigenvalue weighted by Gasteiger charge is -2.25. The first kappa shape index (κ1) is 17.0. The SMILES string of the molecule is CCCNCc1ccc(CN(C)C(CC)CSC)s1. The summed E-state index contributed by atoms with van der Waals surface area (Å²) in [5, 5.41) is 3.47. The Balaban J connectivity index is 2.43. The molecule has 0 spiro atoms. The number of nitrogens with one attached hydrogen (secondary N) is 1. The van der Waals surface area contributed by atoms with Crippen molar-refractivity contribution in [2.24, 2.45) is 0 Å². The fourth-order valence-corrected chi connectivity index (χ4v) is 4.04. The Kier molecular flexibility index (Phi) is 8.79. The predicted octanol–water partition coefficient (Wildman–Crippen LogP) is 3.82. The highest BCUT2D eigenvalue weighted by Gasteiger charge is 2.13. The van der Waals surface area contributed by atoms with Crippen LogP contribution in [0.25, 0.3) is 0 Å². The third kappa shape index (κ3) is 6.30. The van der Waals surface area contributed by atoms with Gasteiger partial charge in [-0.05, 0) is 44.8 Å². The summed E-state index contributed by atoms with van der Waals surface area (Å²) < 4.78 is 0. The number of hydrogen-bond acceptors (Lipinski definition) is 4. The predicted molar refractivity (Wildman–Crippen MR) is 90.2 cm³/mol. The second kappa shape index (κ2) is 9.81. The number of hydrogen-bond donors (Lipinski definition) is 1. The van der Waals surface area contributed by atoms with Crippen molar-refractivity contribution in [1.29, 1.82) is 0 Å². The summed E-state index contributed by atoms with van der Waals surface area (Å²) in [4.78, 5) is 5.43. The van der Waals surface area contributed by atoms with E-state index in [4.69, 9.17) is 0 Å². The van der Waals surface area contributed by atoms with Gasteiger partial charge in [0.25, 0.3) is 0 Å². The van der Waals surface area contributed by atoms with E-state index in [1.165, 1.54) is 28.3 Å². The molecular formula is C15H28N2S2. The molecule has 1 heterocycles. The Morgan fingerprint density at radius 3 is 2.68 bits per heavy atom. The average Bonchev–Trinajstić information content (AvgIpc) is 2.83. The first-order valence-corrected chi connectivity index (χ1v) is 9.39. The van der Waals surface area contributed by atoms with Gasteiger partial charge in [0.05, 0.1) is 0 Å².